The van der Waals surface area contributed by atoms with E-state index in [1.165, 1.54) is 6.07 Å². The third-order valence-electron chi connectivity index (χ3n) is 3.20. The largest absolute Gasteiger partial charge is 0.478 e. The van der Waals surface area contributed by atoms with Gasteiger partial charge in [-0.05, 0) is 37.5 Å². The summed E-state index contributed by atoms with van der Waals surface area (Å²) in [5, 5.41) is 11.8. The monoisotopic (exact) mass is 293 g/mol. The highest BCUT2D eigenvalue weighted by atomic mass is 16.5. The first kappa shape index (κ1) is 17.2. The molecule has 0 atom stereocenters. The number of aryl methyl sites for hydroxylation is 2. The summed E-state index contributed by atoms with van der Waals surface area (Å²) < 4.78 is 5.28. The summed E-state index contributed by atoms with van der Waals surface area (Å²) in [7, 11) is 0. The maximum absolute atomic E-state index is 11.8. The number of hydrogen-bond donors (Lipinski definition) is 2. The molecule has 0 aliphatic heterocycles. The first-order valence-electron chi connectivity index (χ1n) is 7.17. The molecule has 0 spiro atoms. The number of hydrogen-bond acceptors (Lipinski definition) is 3. The van der Waals surface area contributed by atoms with Crippen molar-refractivity contribution >= 4 is 17.6 Å². The van der Waals surface area contributed by atoms with Crippen LogP contribution in [0, 0.1) is 13.8 Å². The molecule has 1 rings (SSSR count). The summed E-state index contributed by atoms with van der Waals surface area (Å²) in [6.07, 6.45) is 3.13. The Morgan fingerprint density at radius 2 is 1.90 bits per heavy atom. The van der Waals surface area contributed by atoms with Crippen molar-refractivity contribution in [2.75, 3.05) is 18.5 Å². The Kier molecular flexibility index (Phi) is 6.88. The number of rotatable bonds is 8. The molecule has 0 aliphatic rings. The number of carbonyl (C=O) groups excluding carboxylic acids is 1. The summed E-state index contributed by atoms with van der Waals surface area (Å²) in [6.45, 7) is 6.22. The van der Waals surface area contributed by atoms with E-state index in [9.17, 15) is 9.59 Å². The fourth-order valence-corrected chi connectivity index (χ4v) is 2.02. The summed E-state index contributed by atoms with van der Waals surface area (Å²) in [5.74, 6) is -1.27. The zero-order valence-electron chi connectivity index (χ0n) is 12.9. The van der Waals surface area contributed by atoms with E-state index < -0.39 is 5.97 Å². The molecule has 0 bridgehead atoms. The summed E-state index contributed by atoms with van der Waals surface area (Å²) in [6, 6.07) is 3.24. The number of ether oxygens (including phenoxy) is 1. The van der Waals surface area contributed by atoms with Crippen LogP contribution in [0.15, 0.2) is 12.1 Å². The van der Waals surface area contributed by atoms with Gasteiger partial charge in [0.05, 0.1) is 5.56 Å². The van der Waals surface area contributed by atoms with Gasteiger partial charge in [-0.3, -0.25) is 4.79 Å². The van der Waals surface area contributed by atoms with Gasteiger partial charge in [0.15, 0.2) is 0 Å². The fourth-order valence-electron chi connectivity index (χ4n) is 2.02. The van der Waals surface area contributed by atoms with Gasteiger partial charge in [0.2, 0.25) is 5.91 Å². The topological polar surface area (TPSA) is 75.6 Å². The van der Waals surface area contributed by atoms with Crippen LogP contribution in [0.3, 0.4) is 0 Å². The minimum atomic E-state index is -1.00. The molecular weight excluding hydrogens is 270 g/mol. The van der Waals surface area contributed by atoms with Crippen LogP contribution < -0.4 is 5.32 Å². The van der Waals surface area contributed by atoms with E-state index in [2.05, 4.69) is 12.2 Å². The van der Waals surface area contributed by atoms with E-state index in [4.69, 9.17) is 9.84 Å². The molecule has 1 amide bonds. The Bertz CT molecular complexity index is 511. The number of carboxylic acid groups (broad SMARTS) is 1. The zero-order valence-corrected chi connectivity index (χ0v) is 12.9. The fraction of sp³-hybridized carbons (Fsp3) is 0.500. The lowest BCUT2D eigenvalue weighted by molar-refractivity contribution is -0.120. The minimum absolute atomic E-state index is 0.0144. The molecule has 0 heterocycles. The van der Waals surface area contributed by atoms with Crippen molar-refractivity contribution in [2.24, 2.45) is 0 Å². The van der Waals surface area contributed by atoms with Crippen LogP contribution in [0.2, 0.25) is 0 Å². The molecule has 0 fully saturated rings. The van der Waals surface area contributed by atoms with Crippen LogP contribution in [0.5, 0.6) is 0 Å². The number of aromatic carboxylic acids is 1. The van der Waals surface area contributed by atoms with Crippen LogP contribution in [-0.4, -0.2) is 30.2 Å². The van der Waals surface area contributed by atoms with Crippen molar-refractivity contribution in [3.63, 3.8) is 0 Å². The second-order valence-corrected chi connectivity index (χ2v) is 5.10. The first-order chi connectivity index (χ1) is 9.95. The number of amides is 1. The van der Waals surface area contributed by atoms with Gasteiger partial charge in [-0.1, -0.05) is 25.8 Å². The van der Waals surface area contributed by atoms with E-state index in [1.54, 1.807) is 13.0 Å². The number of carboxylic acids is 1. The highest BCUT2D eigenvalue weighted by molar-refractivity contribution is 5.96. The Hall–Kier alpha value is -1.88. The van der Waals surface area contributed by atoms with E-state index in [0.717, 1.165) is 24.8 Å². The van der Waals surface area contributed by atoms with Crippen molar-refractivity contribution in [3.05, 3.63) is 28.8 Å². The van der Waals surface area contributed by atoms with Crippen LogP contribution in [0.1, 0.15) is 47.7 Å². The minimum Gasteiger partial charge on any atom is -0.478 e. The van der Waals surface area contributed by atoms with Gasteiger partial charge in [-0.25, -0.2) is 4.79 Å². The average molecular weight is 293 g/mol. The van der Waals surface area contributed by atoms with Crippen LogP contribution in [0.25, 0.3) is 0 Å². The van der Waals surface area contributed by atoms with E-state index in [-0.39, 0.29) is 18.1 Å². The molecule has 0 aromatic heterocycles. The van der Waals surface area contributed by atoms with Gasteiger partial charge >= 0.3 is 5.97 Å². The van der Waals surface area contributed by atoms with E-state index in [0.29, 0.717) is 17.9 Å². The Labute approximate surface area is 125 Å². The molecule has 1 aromatic carbocycles. The molecule has 0 saturated carbocycles. The molecule has 2 N–H and O–H groups in total. The van der Waals surface area contributed by atoms with E-state index >= 15 is 0 Å². The normalized spacial score (nSPS) is 10.4. The zero-order chi connectivity index (χ0) is 15.8. The Morgan fingerprint density at radius 3 is 2.52 bits per heavy atom. The van der Waals surface area contributed by atoms with Crippen molar-refractivity contribution in [1.82, 2.24) is 0 Å². The van der Waals surface area contributed by atoms with E-state index in [1.807, 2.05) is 6.92 Å². The lowest BCUT2D eigenvalue weighted by atomic mass is 10.0. The third-order valence-corrected chi connectivity index (χ3v) is 3.20. The molecule has 0 radical (unpaired) electrons. The number of carbonyl (C=O) groups is 2. The lowest BCUT2D eigenvalue weighted by Crippen LogP contribution is -2.19. The van der Waals surface area contributed by atoms with Gasteiger partial charge < -0.3 is 15.2 Å². The van der Waals surface area contributed by atoms with Crippen molar-refractivity contribution < 1.29 is 19.4 Å². The molecule has 5 nitrogen and oxygen atoms in total. The summed E-state index contributed by atoms with van der Waals surface area (Å²) in [5.41, 5.74) is 2.21. The van der Waals surface area contributed by atoms with Gasteiger partial charge in [0, 0.05) is 12.3 Å². The van der Waals surface area contributed by atoms with Gasteiger partial charge in [0.25, 0.3) is 0 Å². The predicted molar refractivity (Wildman–Crippen MR) is 81.8 cm³/mol. The highest BCUT2D eigenvalue weighted by Gasteiger charge is 2.12. The maximum Gasteiger partial charge on any atom is 0.336 e. The predicted octanol–water partition coefficient (Wildman–Crippen LogP) is 3.15. The molecular formula is C16H23NO4. The SMILES string of the molecule is CCCCCOCC(=O)Nc1cc(C(=O)O)c(C)cc1C. The van der Waals surface area contributed by atoms with Crippen molar-refractivity contribution in [3.8, 4) is 0 Å². The average Bonchev–Trinajstić information content (AvgIpc) is 2.41. The standard InChI is InChI=1S/C16H23NO4/c1-4-5-6-7-21-10-15(18)17-14-9-13(16(19)20)11(2)8-12(14)3/h8-9H,4-7,10H2,1-3H3,(H,17,18)(H,19,20). The van der Waals surface area contributed by atoms with Crippen LogP contribution >= 0.6 is 0 Å². The Balaban J connectivity index is 2.59. The summed E-state index contributed by atoms with van der Waals surface area (Å²) in [4.78, 5) is 22.9. The van der Waals surface area contributed by atoms with Crippen LogP contribution in [0.4, 0.5) is 5.69 Å². The van der Waals surface area contributed by atoms with Crippen LogP contribution in [-0.2, 0) is 9.53 Å². The highest BCUT2D eigenvalue weighted by Crippen LogP contribution is 2.20. The van der Waals surface area contributed by atoms with Gasteiger partial charge in [-0.2, -0.15) is 0 Å². The molecule has 116 valence electrons. The van der Waals surface area contributed by atoms with Crippen molar-refractivity contribution in [2.45, 2.75) is 40.0 Å². The van der Waals surface area contributed by atoms with Crippen molar-refractivity contribution in [1.29, 1.82) is 0 Å². The number of nitrogens with one attached hydrogen (secondary N) is 1. The first-order valence-corrected chi connectivity index (χ1v) is 7.17. The number of benzene rings is 1. The van der Waals surface area contributed by atoms with Gasteiger partial charge in [-0.15, -0.1) is 0 Å². The Morgan fingerprint density at radius 1 is 1.19 bits per heavy atom. The second-order valence-electron chi connectivity index (χ2n) is 5.10. The number of anilines is 1. The smallest absolute Gasteiger partial charge is 0.336 e. The summed E-state index contributed by atoms with van der Waals surface area (Å²) >= 11 is 0. The molecule has 21 heavy (non-hydrogen) atoms. The maximum atomic E-state index is 11.8. The quantitative estimate of drug-likeness (QED) is 0.722. The second kappa shape index (κ2) is 8.42. The molecule has 0 unspecified atom stereocenters. The lowest BCUT2D eigenvalue weighted by Gasteiger charge is -2.11. The molecule has 0 saturated heterocycles. The number of unbranched alkanes of at least 4 members (excludes halogenated alkanes) is 2. The molecule has 1 aromatic rings. The molecule has 0 aliphatic carbocycles. The molecule has 5 heteroatoms. The third kappa shape index (κ3) is 5.55. The van der Waals surface area contributed by atoms with Gasteiger partial charge in [0.1, 0.15) is 6.61 Å².